The highest BCUT2D eigenvalue weighted by molar-refractivity contribution is 6.34. The Bertz CT molecular complexity index is 3410. The fraction of sp³-hybridized carbons (Fsp3) is 0.200. The summed E-state index contributed by atoms with van der Waals surface area (Å²) in [6.45, 7) is 4.92. The Hall–Kier alpha value is -6.18. The normalized spacial score (nSPS) is 23.6. The Balaban J connectivity index is 1.25. The van der Waals surface area contributed by atoms with E-state index in [4.69, 9.17) is 9.40 Å². The van der Waals surface area contributed by atoms with Crippen LogP contribution in [-0.2, 0) is 10.8 Å². The van der Waals surface area contributed by atoms with Gasteiger partial charge in [0.05, 0.1) is 45.5 Å². The van der Waals surface area contributed by atoms with Gasteiger partial charge in [-0.2, -0.15) is 5.26 Å². The van der Waals surface area contributed by atoms with E-state index in [1.54, 1.807) is 0 Å². The molecule has 10 aromatic rings. The maximum atomic E-state index is 11.1. The van der Waals surface area contributed by atoms with Gasteiger partial charge in [-0.15, -0.1) is 0 Å². The number of hydrogen-bond acceptors (Lipinski definition) is 3. The van der Waals surface area contributed by atoms with Gasteiger partial charge in [0.2, 0.25) is 0 Å². The fourth-order valence-corrected chi connectivity index (χ4v) is 12.3. The van der Waals surface area contributed by atoms with Gasteiger partial charge in [0.15, 0.2) is 0 Å². The van der Waals surface area contributed by atoms with E-state index >= 15 is 0 Å². The first-order chi connectivity index (χ1) is 26.5. The van der Waals surface area contributed by atoms with E-state index < -0.39 is 0 Å². The lowest BCUT2D eigenvalue weighted by atomic mass is 9.53. The molecule has 54 heavy (non-hydrogen) atoms. The maximum absolute atomic E-state index is 11.1. The first-order valence-corrected chi connectivity index (χ1v) is 19.5. The van der Waals surface area contributed by atoms with E-state index in [1.807, 2.05) is 0 Å². The van der Waals surface area contributed by atoms with Gasteiger partial charge in [0, 0.05) is 44.2 Å². The molecule has 1 saturated carbocycles. The van der Waals surface area contributed by atoms with Crippen molar-refractivity contribution >= 4 is 70.8 Å². The summed E-state index contributed by atoms with van der Waals surface area (Å²) in [6.07, 6.45) is 6.86. The van der Waals surface area contributed by atoms with E-state index in [9.17, 15) is 5.26 Å². The molecule has 0 spiro atoms. The predicted octanol–water partition coefficient (Wildman–Crippen LogP) is 12.2. The van der Waals surface area contributed by atoms with Crippen molar-refractivity contribution < 1.29 is 4.42 Å². The smallest absolute Gasteiger partial charge is 0.145 e. The third-order valence-corrected chi connectivity index (χ3v) is 14.8. The second-order valence-electron chi connectivity index (χ2n) is 17.4. The number of benzene rings is 6. The number of nitrogens with zero attached hydrogens (tertiary/aromatic N) is 3. The largest absolute Gasteiger partial charge is 0.455 e. The number of rotatable bonds is 0. The topological polar surface area (TPSA) is 54.2 Å². The third kappa shape index (κ3) is 2.98. The van der Waals surface area contributed by atoms with Crippen LogP contribution < -0.4 is 0 Å². The van der Waals surface area contributed by atoms with Crippen molar-refractivity contribution in [1.29, 1.82) is 5.26 Å². The quantitative estimate of drug-likeness (QED) is 0.159. The lowest BCUT2D eigenvalue weighted by molar-refractivity contribution is 0.184. The molecule has 0 atom stereocenters. The molecular formula is C50H33N3O. The first kappa shape index (κ1) is 28.3. The van der Waals surface area contributed by atoms with Crippen LogP contribution in [0.4, 0.5) is 0 Å². The molecule has 0 amide bonds. The third-order valence-electron chi connectivity index (χ3n) is 14.8. The van der Waals surface area contributed by atoms with Crippen molar-refractivity contribution in [1.82, 2.24) is 9.38 Å². The van der Waals surface area contributed by atoms with Crippen LogP contribution in [-0.4, -0.2) is 9.38 Å². The van der Waals surface area contributed by atoms with E-state index in [-0.39, 0.29) is 22.7 Å². The molecule has 16 rings (SSSR count). The van der Waals surface area contributed by atoms with Crippen molar-refractivity contribution in [2.45, 2.75) is 62.2 Å². The van der Waals surface area contributed by atoms with Gasteiger partial charge in [-0.1, -0.05) is 86.6 Å². The Labute approximate surface area is 310 Å². The van der Waals surface area contributed by atoms with Crippen LogP contribution in [0.15, 0.2) is 108 Å². The minimum Gasteiger partial charge on any atom is -0.455 e. The van der Waals surface area contributed by atoms with Gasteiger partial charge < -0.3 is 8.82 Å². The fourth-order valence-electron chi connectivity index (χ4n) is 12.3. The van der Waals surface area contributed by atoms with Crippen molar-refractivity contribution in [3.8, 4) is 6.07 Å². The zero-order valence-corrected chi connectivity index (χ0v) is 30.0. The predicted molar refractivity (Wildman–Crippen MR) is 216 cm³/mol. The molecule has 254 valence electrons. The Morgan fingerprint density at radius 3 is 1.98 bits per heavy atom. The van der Waals surface area contributed by atoms with Gasteiger partial charge in [-0.3, -0.25) is 4.98 Å². The number of aromatic nitrogens is 2. The summed E-state index contributed by atoms with van der Waals surface area (Å²) in [6, 6.07) is 38.4. The molecule has 4 aromatic heterocycles. The minimum atomic E-state index is 0.0133. The Morgan fingerprint density at radius 1 is 0.667 bits per heavy atom. The van der Waals surface area contributed by atoms with E-state index in [0.717, 1.165) is 38.5 Å². The molecule has 6 aliphatic rings. The maximum Gasteiger partial charge on any atom is 0.145 e. The molecule has 0 radical (unpaired) electrons. The summed E-state index contributed by atoms with van der Waals surface area (Å²) in [5, 5.41) is 20.8. The van der Waals surface area contributed by atoms with Crippen LogP contribution in [0.1, 0.15) is 102 Å². The lowest BCUT2D eigenvalue weighted by Gasteiger charge is -2.51. The van der Waals surface area contributed by atoms with Crippen molar-refractivity contribution in [3.63, 3.8) is 0 Å². The number of nitriles is 1. The Kier molecular flexibility index (Phi) is 4.70. The highest BCUT2D eigenvalue weighted by Crippen LogP contribution is 2.62. The summed E-state index contributed by atoms with van der Waals surface area (Å²) < 4.78 is 9.59. The molecule has 4 nitrogen and oxygen atoms in total. The second-order valence-corrected chi connectivity index (χ2v) is 17.4. The number of furan rings is 1. The molecule has 4 heterocycles. The second kappa shape index (κ2) is 8.95. The standard InChI is InChI=1S/C50H33N3O/c1-49-15-17-50(2,18-16-49)48-45(49)42-36(24-52-48)53-35-20-27(23-51)38-39-28-11-5-7-13-30(28)40(31-14-8-6-12-29(31)39)43(38)41(35)34-22-33-32-19-25-9-3-4-10-26(25)21-37(32)54-47(33)44(42)46(34)53/h3-14,19-22,24,39-40H,15-18H2,1-2H3. The van der Waals surface area contributed by atoms with Gasteiger partial charge in [-0.25, -0.2) is 0 Å². The van der Waals surface area contributed by atoms with Gasteiger partial charge in [0.1, 0.15) is 11.2 Å². The highest BCUT2D eigenvalue weighted by Gasteiger charge is 2.51. The van der Waals surface area contributed by atoms with Crippen LogP contribution in [0.5, 0.6) is 0 Å². The minimum absolute atomic E-state index is 0.0133. The summed E-state index contributed by atoms with van der Waals surface area (Å²) in [7, 11) is 0. The average Bonchev–Trinajstić information content (AvgIpc) is 3.86. The molecule has 0 saturated heterocycles. The van der Waals surface area contributed by atoms with Crippen LogP contribution >= 0.6 is 0 Å². The van der Waals surface area contributed by atoms with Crippen LogP contribution in [0.25, 0.3) is 70.8 Å². The molecule has 0 aliphatic heterocycles. The van der Waals surface area contributed by atoms with E-state index in [1.165, 1.54) is 108 Å². The Morgan fingerprint density at radius 2 is 1.30 bits per heavy atom. The van der Waals surface area contributed by atoms with Crippen LogP contribution in [0, 0.1) is 11.3 Å². The highest BCUT2D eigenvalue weighted by atomic mass is 16.3. The van der Waals surface area contributed by atoms with Crippen molar-refractivity contribution in [2.24, 2.45) is 0 Å². The van der Waals surface area contributed by atoms with Crippen LogP contribution in [0.2, 0.25) is 0 Å². The first-order valence-electron chi connectivity index (χ1n) is 19.5. The van der Waals surface area contributed by atoms with E-state index in [0.29, 0.717) is 0 Å². The lowest BCUT2D eigenvalue weighted by Crippen LogP contribution is -2.45. The molecule has 4 bridgehead atoms. The zero-order valence-electron chi connectivity index (χ0n) is 30.0. The summed E-state index contributed by atoms with van der Waals surface area (Å²) in [4.78, 5) is 5.42. The van der Waals surface area contributed by atoms with Gasteiger partial charge in [-0.05, 0) is 105 Å². The van der Waals surface area contributed by atoms with Crippen LogP contribution in [0.3, 0.4) is 0 Å². The number of fused-ring (bicyclic) bond motifs is 13. The van der Waals surface area contributed by atoms with Gasteiger partial charge >= 0.3 is 0 Å². The molecule has 0 unspecified atom stereocenters. The SMILES string of the molecule is CC12CCC(C)(CC1)c1c2ncc2c1c1c3oc4cc5ccccc5cc4c3cc3c4c5c(c(C#N)cc4n2c31)C1c2ccccc2C5c2ccccc21. The van der Waals surface area contributed by atoms with E-state index in [2.05, 4.69) is 128 Å². The number of hydrogen-bond donors (Lipinski definition) is 0. The monoisotopic (exact) mass is 691 g/mol. The number of pyridine rings is 1. The zero-order chi connectivity index (χ0) is 35.4. The molecule has 6 aliphatic carbocycles. The van der Waals surface area contributed by atoms with Crippen molar-refractivity contribution in [2.75, 3.05) is 0 Å². The summed E-state index contributed by atoms with van der Waals surface area (Å²) in [5.41, 5.74) is 16.8. The molecule has 6 aromatic carbocycles. The molecule has 1 fully saturated rings. The van der Waals surface area contributed by atoms with Crippen molar-refractivity contribution in [3.05, 3.63) is 153 Å². The molecular weight excluding hydrogens is 659 g/mol. The van der Waals surface area contributed by atoms with Gasteiger partial charge in [0.25, 0.3) is 0 Å². The summed E-state index contributed by atoms with van der Waals surface area (Å²) in [5.74, 6) is 0.0471. The summed E-state index contributed by atoms with van der Waals surface area (Å²) >= 11 is 0. The average molecular weight is 692 g/mol. The molecule has 4 heteroatoms. The molecule has 0 N–H and O–H groups in total.